The number of nitrogens with one attached hydrogen (secondary N) is 2. The summed E-state index contributed by atoms with van der Waals surface area (Å²) in [6.45, 7) is 0.300. The van der Waals surface area contributed by atoms with Crippen molar-refractivity contribution in [3.05, 3.63) is 69.3 Å². The van der Waals surface area contributed by atoms with Crippen LogP contribution in [0.4, 0.5) is 11.5 Å². The summed E-state index contributed by atoms with van der Waals surface area (Å²) >= 11 is 7.10. The number of hydrogen-bond donors (Lipinski definition) is 2. The summed E-state index contributed by atoms with van der Waals surface area (Å²) in [6, 6.07) is 12.7. The molecule has 0 unspecified atom stereocenters. The van der Waals surface area contributed by atoms with Crippen LogP contribution in [0, 0.1) is 0 Å². The van der Waals surface area contributed by atoms with Crippen molar-refractivity contribution in [1.29, 1.82) is 0 Å². The molecule has 1 atom stereocenters. The van der Waals surface area contributed by atoms with Crippen LogP contribution in [-0.2, 0) is 24.8 Å². The number of carbonyl (C=O) groups is 1. The van der Waals surface area contributed by atoms with Crippen molar-refractivity contribution >= 4 is 66.5 Å². The molecule has 0 aliphatic carbocycles. The molecule has 0 radical (unpaired) electrons. The Bertz CT molecular complexity index is 1490. The van der Waals surface area contributed by atoms with Crippen LogP contribution in [-0.4, -0.2) is 46.6 Å². The van der Waals surface area contributed by atoms with Gasteiger partial charge in [0, 0.05) is 34.2 Å². The van der Waals surface area contributed by atoms with Gasteiger partial charge in [-0.25, -0.2) is 21.8 Å². The molecule has 1 amide bonds. The van der Waals surface area contributed by atoms with Gasteiger partial charge < -0.3 is 0 Å². The van der Waals surface area contributed by atoms with E-state index in [1.807, 2.05) is 0 Å². The molecule has 1 aliphatic rings. The van der Waals surface area contributed by atoms with Crippen molar-refractivity contribution in [2.75, 3.05) is 22.4 Å². The molecule has 1 aliphatic heterocycles. The first-order valence-electron chi connectivity index (χ1n) is 10.3. The standard InChI is InChI=1S/C22H21ClN4O5S3/c1-34(29,30)25-18-5-3-2-4-17(18)15-6-9-21(24-14-15)27-12-10-19(22(27)28)26-35(31,32)13-11-16-7-8-20(23)33-16/h2-9,11,13-14,19,25-26H,10,12H2,1H3/t19-/m0/s1. The van der Waals surface area contributed by atoms with Crippen LogP contribution in [0.5, 0.6) is 0 Å². The van der Waals surface area contributed by atoms with E-state index in [4.69, 9.17) is 11.6 Å². The normalized spacial score (nSPS) is 16.8. The summed E-state index contributed by atoms with van der Waals surface area (Å²) in [5, 5.41) is 1.01. The number of aromatic nitrogens is 1. The lowest BCUT2D eigenvalue weighted by atomic mass is 10.1. The zero-order chi connectivity index (χ0) is 25.2. The van der Waals surface area contributed by atoms with Crippen LogP contribution in [0.3, 0.4) is 0 Å². The van der Waals surface area contributed by atoms with E-state index in [9.17, 15) is 21.6 Å². The van der Waals surface area contributed by atoms with Crippen molar-refractivity contribution in [3.63, 3.8) is 0 Å². The first-order chi connectivity index (χ1) is 16.5. The number of benzene rings is 1. The zero-order valence-corrected chi connectivity index (χ0v) is 21.6. The van der Waals surface area contributed by atoms with E-state index in [-0.39, 0.29) is 0 Å². The second-order valence-corrected chi connectivity index (χ2v) is 12.9. The lowest BCUT2D eigenvalue weighted by Crippen LogP contribution is -2.40. The fourth-order valence-corrected chi connectivity index (χ4v) is 6.20. The van der Waals surface area contributed by atoms with E-state index in [1.165, 1.54) is 28.5 Å². The number of nitrogens with zero attached hydrogens (tertiary/aromatic N) is 2. The smallest absolute Gasteiger partial charge is 0.246 e. The number of carbonyl (C=O) groups excluding carboxylic acids is 1. The van der Waals surface area contributed by atoms with Gasteiger partial charge in [-0.3, -0.25) is 14.4 Å². The summed E-state index contributed by atoms with van der Waals surface area (Å²) in [5.41, 5.74) is 1.70. The lowest BCUT2D eigenvalue weighted by Gasteiger charge is -2.17. The number of thiophene rings is 1. The fraction of sp³-hybridized carbons (Fsp3) is 0.182. The van der Waals surface area contributed by atoms with Gasteiger partial charge in [-0.05, 0) is 42.8 Å². The molecule has 1 saturated heterocycles. The van der Waals surface area contributed by atoms with Crippen molar-refractivity contribution in [3.8, 4) is 11.1 Å². The maximum absolute atomic E-state index is 12.9. The first-order valence-corrected chi connectivity index (χ1v) is 14.9. The van der Waals surface area contributed by atoms with Gasteiger partial charge in [0.1, 0.15) is 11.9 Å². The molecule has 13 heteroatoms. The molecule has 0 bridgehead atoms. The van der Waals surface area contributed by atoms with Gasteiger partial charge >= 0.3 is 0 Å². The third-order valence-corrected chi connectivity index (χ3v) is 7.97. The highest BCUT2D eigenvalue weighted by atomic mass is 35.5. The van der Waals surface area contributed by atoms with Gasteiger partial charge in [0.15, 0.2) is 0 Å². The van der Waals surface area contributed by atoms with Crippen LogP contribution < -0.4 is 14.3 Å². The molecular weight excluding hydrogens is 532 g/mol. The van der Waals surface area contributed by atoms with Gasteiger partial charge in [-0.2, -0.15) is 4.72 Å². The topological polar surface area (TPSA) is 126 Å². The minimum Gasteiger partial charge on any atom is -0.295 e. The molecule has 0 saturated carbocycles. The molecule has 4 rings (SSSR count). The maximum Gasteiger partial charge on any atom is 0.246 e. The Morgan fingerprint density at radius 2 is 1.89 bits per heavy atom. The third kappa shape index (κ3) is 6.47. The molecule has 3 aromatic rings. The van der Waals surface area contributed by atoms with Crippen LogP contribution in [0.1, 0.15) is 11.3 Å². The highest BCUT2D eigenvalue weighted by molar-refractivity contribution is 7.92. The van der Waals surface area contributed by atoms with Crippen LogP contribution in [0.2, 0.25) is 4.34 Å². The zero-order valence-electron chi connectivity index (χ0n) is 18.4. The predicted molar refractivity (Wildman–Crippen MR) is 139 cm³/mol. The molecule has 1 aromatic carbocycles. The minimum absolute atomic E-state index is 0.293. The minimum atomic E-state index is -3.85. The second kappa shape index (κ2) is 10.1. The highest BCUT2D eigenvalue weighted by Crippen LogP contribution is 2.30. The lowest BCUT2D eigenvalue weighted by molar-refractivity contribution is -0.118. The van der Waals surface area contributed by atoms with Crippen LogP contribution >= 0.6 is 22.9 Å². The number of rotatable bonds is 8. The maximum atomic E-state index is 12.9. The number of halogens is 1. The Morgan fingerprint density at radius 1 is 1.11 bits per heavy atom. The monoisotopic (exact) mass is 552 g/mol. The van der Waals surface area contributed by atoms with Crippen molar-refractivity contribution in [2.45, 2.75) is 12.5 Å². The van der Waals surface area contributed by atoms with Crippen LogP contribution in [0.15, 0.2) is 60.1 Å². The Hall–Kier alpha value is -2.77. The van der Waals surface area contributed by atoms with Crippen molar-refractivity contribution in [1.82, 2.24) is 9.71 Å². The molecule has 9 nitrogen and oxygen atoms in total. The Morgan fingerprint density at radius 3 is 2.54 bits per heavy atom. The Balaban J connectivity index is 1.46. The van der Waals surface area contributed by atoms with E-state index < -0.39 is 32.0 Å². The van der Waals surface area contributed by atoms with Gasteiger partial charge in [0.25, 0.3) is 0 Å². The summed E-state index contributed by atoms with van der Waals surface area (Å²) in [5.74, 6) is -0.0293. The summed E-state index contributed by atoms with van der Waals surface area (Å²) in [6.07, 6.45) is 4.33. The van der Waals surface area contributed by atoms with Crippen molar-refractivity contribution < 1.29 is 21.6 Å². The number of anilines is 2. The van der Waals surface area contributed by atoms with Crippen LogP contribution in [0.25, 0.3) is 17.2 Å². The third-order valence-electron chi connectivity index (χ3n) is 5.08. The summed E-state index contributed by atoms with van der Waals surface area (Å²) in [4.78, 5) is 19.3. The van der Waals surface area contributed by atoms with E-state index in [0.717, 1.165) is 11.7 Å². The van der Waals surface area contributed by atoms with Gasteiger partial charge in [0.05, 0.1) is 16.3 Å². The molecule has 3 heterocycles. The molecule has 2 N–H and O–H groups in total. The average molecular weight is 553 g/mol. The van der Waals surface area contributed by atoms with Crippen molar-refractivity contribution in [2.24, 2.45) is 0 Å². The number of para-hydroxylation sites is 1. The summed E-state index contributed by atoms with van der Waals surface area (Å²) < 4.78 is 53.6. The fourth-order valence-electron chi connectivity index (χ4n) is 3.56. The number of hydrogen-bond acceptors (Lipinski definition) is 7. The Kier molecular flexibility index (Phi) is 7.29. The predicted octanol–water partition coefficient (Wildman–Crippen LogP) is 3.53. The molecule has 1 fully saturated rings. The Labute approximate surface area is 212 Å². The van der Waals surface area contributed by atoms with E-state index in [1.54, 1.807) is 48.5 Å². The number of amides is 1. The van der Waals surface area contributed by atoms with E-state index in [0.29, 0.717) is 44.8 Å². The van der Waals surface area contributed by atoms with Gasteiger partial charge in [-0.15, -0.1) is 11.3 Å². The highest BCUT2D eigenvalue weighted by Gasteiger charge is 2.35. The molecule has 2 aromatic heterocycles. The number of pyridine rings is 1. The first kappa shape index (κ1) is 25.3. The van der Waals surface area contributed by atoms with Gasteiger partial charge in [-0.1, -0.05) is 29.8 Å². The van der Waals surface area contributed by atoms with E-state index >= 15 is 0 Å². The molecule has 184 valence electrons. The largest absolute Gasteiger partial charge is 0.295 e. The second-order valence-electron chi connectivity index (χ2n) is 7.76. The van der Waals surface area contributed by atoms with E-state index in [2.05, 4.69) is 14.4 Å². The average Bonchev–Trinajstić information content (AvgIpc) is 3.37. The molecule has 35 heavy (non-hydrogen) atoms. The number of sulfonamides is 2. The quantitative estimate of drug-likeness (QED) is 0.440. The van der Waals surface area contributed by atoms with Gasteiger partial charge in [0.2, 0.25) is 26.0 Å². The molecule has 0 spiro atoms. The molecular formula is C22H21ClN4O5S3. The SMILES string of the molecule is CS(=O)(=O)Nc1ccccc1-c1ccc(N2CC[C@H](NS(=O)(=O)C=Cc3ccc(Cl)s3)C2=O)nc1. The summed E-state index contributed by atoms with van der Waals surface area (Å²) in [7, 11) is -7.31.